The summed E-state index contributed by atoms with van der Waals surface area (Å²) in [6.07, 6.45) is 1.93. The third-order valence-corrected chi connectivity index (χ3v) is 4.65. The molecule has 0 saturated carbocycles. The van der Waals surface area contributed by atoms with Crippen LogP contribution in [0.5, 0.6) is 0 Å². The van der Waals surface area contributed by atoms with Gasteiger partial charge in [0.1, 0.15) is 0 Å². The molecule has 0 aliphatic carbocycles. The van der Waals surface area contributed by atoms with Crippen molar-refractivity contribution in [1.29, 1.82) is 0 Å². The molecule has 7 heteroatoms. The number of carboxylic acid groups (broad SMARTS) is 1. The number of carbonyl (C=O) groups is 1. The quantitative estimate of drug-likeness (QED) is 0.833. The lowest BCUT2D eigenvalue weighted by Crippen LogP contribution is -2.32. The Bertz CT molecular complexity index is 595. The predicted molar refractivity (Wildman–Crippen MR) is 77.5 cm³/mol. The zero-order chi connectivity index (χ0) is 15.4. The van der Waals surface area contributed by atoms with Crippen LogP contribution in [0.4, 0.5) is 0 Å². The maximum Gasteiger partial charge on any atom is 0.348 e. The van der Waals surface area contributed by atoms with Gasteiger partial charge < -0.3 is 5.11 Å². The molecule has 1 aromatic rings. The molecule has 0 aromatic carbocycles. The summed E-state index contributed by atoms with van der Waals surface area (Å²) in [5.41, 5.74) is 1.67. The molecule has 0 aliphatic rings. The number of hydrogen-bond acceptors (Lipinski definition) is 4. The van der Waals surface area contributed by atoms with E-state index in [2.05, 4.69) is 4.98 Å². The zero-order valence-electron chi connectivity index (χ0n) is 12.2. The maximum atomic E-state index is 11.9. The van der Waals surface area contributed by atoms with E-state index < -0.39 is 16.8 Å². The SMILES string of the molecule is Cc1nc(=O)n(CC(C)S(C)=O)c(C)c1CCC(=O)O. The lowest BCUT2D eigenvalue weighted by molar-refractivity contribution is -0.136. The first-order valence-electron chi connectivity index (χ1n) is 6.35. The molecule has 1 aromatic heterocycles. The predicted octanol–water partition coefficient (Wildman–Crippen LogP) is 0.644. The lowest BCUT2D eigenvalue weighted by atomic mass is 10.1. The van der Waals surface area contributed by atoms with Crippen molar-refractivity contribution in [3.63, 3.8) is 0 Å². The lowest BCUT2D eigenvalue weighted by Gasteiger charge is -2.17. The molecule has 1 N–H and O–H groups in total. The van der Waals surface area contributed by atoms with Crippen LogP contribution in [-0.4, -0.2) is 36.3 Å². The van der Waals surface area contributed by atoms with Gasteiger partial charge in [-0.2, -0.15) is 4.98 Å². The molecule has 6 nitrogen and oxygen atoms in total. The fourth-order valence-corrected chi connectivity index (χ4v) is 2.37. The van der Waals surface area contributed by atoms with Crippen LogP contribution in [0.2, 0.25) is 0 Å². The molecule has 2 atom stereocenters. The Hall–Kier alpha value is -1.50. The van der Waals surface area contributed by atoms with Crippen molar-refractivity contribution in [1.82, 2.24) is 9.55 Å². The molecular weight excluding hydrogens is 280 g/mol. The standard InChI is InChI=1S/C13H20N2O4S/c1-8(20(4)19)7-15-10(3)11(5-6-12(16)17)9(2)14-13(15)18/h8H,5-7H2,1-4H3,(H,16,17). The van der Waals surface area contributed by atoms with Crippen LogP contribution < -0.4 is 5.69 Å². The van der Waals surface area contributed by atoms with Crippen LogP contribution in [0.3, 0.4) is 0 Å². The normalized spacial score (nSPS) is 14.0. The van der Waals surface area contributed by atoms with Gasteiger partial charge in [-0.3, -0.25) is 13.6 Å². The Morgan fingerprint density at radius 3 is 2.55 bits per heavy atom. The van der Waals surface area contributed by atoms with E-state index in [-0.39, 0.29) is 17.4 Å². The van der Waals surface area contributed by atoms with Gasteiger partial charge in [-0.05, 0) is 32.8 Å². The summed E-state index contributed by atoms with van der Waals surface area (Å²) in [6, 6.07) is 0. The largest absolute Gasteiger partial charge is 0.481 e. The summed E-state index contributed by atoms with van der Waals surface area (Å²) in [6.45, 7) is 5.61. The third kappa shape index (κ3) is 4.00. The molecule has 0 spiro atoms. The van der Waals surface area contributed by atoms with Crippen molar-refractivity contribution >= 4 is 16.8 Å². The minimum Gasteiger partial charge on any atom is -0.481 e. The van der Waals surface area contributed by atoms with E-state index in [1.807, 2.05) is 0 Å². The fourth-order valence-electron chi connectivity index (χ4n) is 2.01. The average Bonchev–Trinajstić information content (AvgIpc) is 2.33. The number of aryl methyl sites for hydroxylation is 1. The van der Waals surface area contributed by atoms with E-state index in [4.69, 9.17) is 5.11 Å². The minimum atomic E-state index is -1.03. The van der Waals surface area contributed by atoms with Gasteiger partial charge in [0.15, 0.2) is 0 Å². The first kappa shape index (κ1) is 16.6. The van der Waals surface area contributed by atoms with E-state index >= 15 is 0 Å². The maximum absolute atomic E-state index is 11.9. The summed E-state index contributed by atoms with van der Waals surface area (Å²) in [5, 5.41) is 8.61. The molecule has 0 radical (unpaired) electrons. The minimum absolute atomic E-state index is 0.00315. The Morgan fingerprint density at radius 1 is 1.45 bits per heavy atom. The number of hydrogen-bond donors (Lipinski definition) is 1. The average molecular weight is 300 g/mol. The van der Waals surface area contributed by atoms with Crippen LogP contribution >= 0.6 is 0 Å². The fraction of sp³-hybridized carbons (Fsp3) is 0.615. The van der Waals surface area contributed by atoms with E-state index in [0.717, 1.165) is 5.56 Å². The summed E-state index contributed by atoms with van der Waals surface area (Å²) in [5.74, 6) is -0.885. The molecule has 0 saturated heterocycles. The van der Waals surface area contributed by atoms with Gasteiger partial charge in [0.05, 0.1) is 0 Å². The van der Waals surface area contributed by atoms with Crippen LogP contribution in [0.25, 0.3) is 0 Å². The third-order valence-electron chi connectivity index (χ3n) is 3.37. The van der Waals surface area contributed by atoms with E-state index in [9.17, 15) is 13.8 Å². The van der Waals surface area contributed by atoms with Crippen LogP contribution in [0.1, 0.15) is 30.3 Å². The van der Waals surface area contributed by atoms with Gasteiger partial charge in [-0.25, -0.2) is 4.79 Å². The first-order chi connectivity index (χ1) is 9.23. The van der Waals surface area contributed by atoms with E-state index in [1.165, 1.54) is 4.57 Å². The smallest absolute Gasteiger partial charge is 0.348 e. The van der Waals surface area contributed by atoms with Crippen molar-refractivity contribution in [2.24, 2.45) is 0 Å². The molecule has 0 bridgehead atoms. The molecule has 0 aliphatic heterocycles. The second-order valence-electron chi connectivity index (χ2n) is 4.86. The van der Waals surface area contributed by atoms with Crippen molar-refractivity contribution in [2.75, 3.05) is 6.26 Å². The topological polar surface area (TPSA) is 89.3 Å². The number of aliphatic carboxylic acids is 1. The number of rotatable bonds is 6. The van der Waals surface area contributed by atoms with Crippen LogP contribution in [-0.2, 0) is 28.6 Å². The van der Waals surface area contributed by atoms with Crippen molar-refractivity contribution in [3.05, 3.63) is 27.4 Å². The molecule has 112 valence electrons. The van der Waals surface area contributed by atoms with Crippen LogP contribution in [0, 0.1) is 13.8 Å². The molecular formula is C13H20N2O4S. The highest BCUT2D eigenvalue weighted by Gasteiger charge is 2.15. The Balaban J connectivity index is 3.18. The summed E-state index contributed by atoms with van der Waals surface area (Å²) < 4.78 is 12.9. The van der Waals surface area contributed by atoms with Crippen molar-refractivity contribution in [2.45, 2.75) is 45.4 Å². The number of aromatic nitrogens is 2. The Morgan fingerprint density at radius 2 is 2.05 bits per heavy atom. The number of carboxylic acids is 1. The second kappa shape index (κ2) is 6.78. The van der Waals surface area contributed by atoms with Gasteiger partial charge >= 0.3 is 11.7 Å². The zero-order valence-corrected chi connectivity index (χ0v) is 13.0. The highest BCUT2D eigenvalue weighted by molar-refractivity contribution is 7.84. The van der Waals surface area contributed by atoms with E-state index in [1.54, 1.807) is 27.0 Å². The molecule has 1 heterocycles. The van der Waals surface area contributed by atoms with Gasteiger partial charge in [0, 0.05) is 46.7 Å². The molecule has 0 amide bonds. The van der Waals surface area contributed by atoms with Crippen LogP contribution in [0.15, 0.2) is 4.79 Å². The molecule has 20 heavy (non-hydrogen) atoms. The Labute approximate surface area is 120 Å². The monoisotopic (exact) mass is 300 g/mol. The van der Waals surface area contributed by atoms with Gasteiger partial charge in [-0.15, -0.1) is 0 Å². The molecule has 0 fully saturated rings. The van der Waals surface area contributed by atoms with Crippen molar-refractivity contribution < 1.29 is 14.1 Å². The van der Waals surface area contributed by atoms with Gasteiger partial charge in [0.25, 0.3) is 0 Å². The summed E-state index contributed by atoms with van der Waals surface area (Å²) in [7, 11) is -1.03. The van der Waals surface area contributed by atoms with E-state index in [0.29, 0.717) is 24.4 Å². The second-order valence-corrected chi connectivity index (χ2v) is 6.66. The first-order valence-corrected chi connectivity index (χ1v) is 7.97. The molecule has 2 unspecified atom stereocenters. The summed E-state index contributed by atoms with van der Waals surface area (Å²) in [4.78, 5) is 26.6. The molecule has 1 rings (SSSR count). The van der Waals surface area contributed by atoms with Gasteiger partial charge in [-0.1, -0.05) is 0 Å². The summed E-state index contributed by atoms with van der Waals surface area (Å²) >= 11 is 0. The van der Waals surface area contributed by atoms with Crippen molar-refractivity contribution in [3.8, 4) is 0 Å². The number of nitrogens with zero attached hydrogens (tertiary/aromatic N) is 2. The van der Waals surface area contributed by atoms with Gasteiger partial charge in [0.2, 0.25) is 0 Å². The highest BCUT2D eigenvalue weighted by atomic mass is 32.2. The Kier molecular flexibility index (Phi) is 5.62. The highest BCUT2D eigenvalue weighted by Crippen LogP contribution is 2.13.